The second kappa shape index (κ2) is 9.71. The zero-order valence-electron chi connectivity index (χ0n) is 8.55. The average molecular weight is 187 g/mol. The van der Waals surface area contributed by atoms with E-state index in [2.05, 4.69) is 13.5 Å². The SMILES string of the molecule is C=C(CC)CCOCCOCCN. The fraction of sp³-hybridized carbons (Fsp3) is 0.800. The van der Waals surface area contributed by atoms with Crippen LogP contribution in [-0.4, -0.2) is 33.0 Å². The molecule has 3 nitrogen and oxygen atoms in total. The molecule has 2 N–H and O–H groups in total. The molecule has 0 fully saturated rings. The Morgan fingerprint density at radius 1 is 1.15 bits per heavy atom. The highest BCUT2D eigenvalue weighted by Gasteiger charge is 1.92. The second-order valence-electron chi connectivity index (χ2n) is 2.87. The minimum Gasteiger partial charge on any atom is -0.379 e. The molecule has 0 radical (unpaired) electrons. The average Bonchev–Trinajstić information content (AvgIpc) is 2.16. The molecule has 0 saturated carbocycles. The molecule has 0 aromatic rings. The van der Waals surface area contributed by atoms with Crippen LogP contribution in [0, 0.1) is 0 Å². The van der Waals surface area contributed by atoms with E-state index < -0.39 is 0 Å². The Kier molecular flexibility index (Phi) is 9.42. The molecule has 0 amide bonds. The summed E-state index contributed by atoms with van der Waals surface area (Å²) in [5.41, 5.74) is 6.49. The number of hydrogen-bond acceptors (Lipinski definition) is 3. The van der Waals surface area contributed by atoms with Crippen LogP contribution >= 0.6 is 0 Å². The van der Waals surface area contributed by atoms with Gasteiger partial charge in [-0.25, -0.2) is 0 Å². The predicted octanol–water partition coefficient (Wildman–Crippen LogP) is 1.33. The maximum atomic E-state index is 5.33. The van der Waals surface area contributed by atoms with E-state index >= 15 is 0 Å². The van der Waals surface area contributed by atoms with Gasteiger partial charge in [-0.3, -0.25) is 0 Å². The molecule has 13 heavy (non-hydrogen) atoms. The minimum absolute atomic E-state index is 0.576. The Morgan fingerprint density at radius 2 is 1.77 bits per heavy atom. The van der Waals surface area contributed by atoms with Gasteiger partial charge in [0.2, 0.25) is 0 Å². The number of nitrogens with two attached hydrogens (primary N) is 1. The lowest BCUT2D eigenvalue weighted by Gasteiger charge is -2.05. The zero-order valence-corrected chi connectivity index (χ0v) is 8.55. The molecule has 0 aliphatic heterocycles. The van der Waals surface area contributed by atoms with Gasteiger partial charge >= 0.3 is 0 Å². The van der Waals surface area contributed by atoms with E-state index in [1.165, 1.54) is 5.57 Å². The molecule has 0 aromatic heterocycles. The fourth-order valence-corrected chi connectivity index (χ4v) is 0.799. The van der Waals surface area contributed by atoms with Crippen LogP contribution in [0.3, 0.4) is 0 Å². The van der Waals surface area contributed by atoms with E-state index in [-0.39, 0.29) is 0 Å². The number of ether oxygens (including phenoxy) is 2. The van der Waals surface area contributed by atoms with Crippen LogP contribution in [0.2, 0.25) is 0 Å². The third-order valence-electron chi connectivity index (χ3n) is 1.73. The summed E-state index contributed by atoms with van der Waals surface area (Å²) in [6.45, 7) is 9.22. The molecule has 0 rings (SSSR count). The monoisotopic (exact) mass is 187 g/mol. The van der Waals surface area contributed by atoms with Crippen LogP contribution in [0.1, 0.15) is 19.8 Å². The van der Waals surface area contributed by atoms with Crippen LogP contribution in [0.4, 0.5) is 0 Å². The van der Waals surface area contributed by atoms with Crippen molar-refractivity contribution in [1.82, 2.24) is 0 Å². The van der Waals surface area contributed by atoms with Gasteiger partial charge in [-0.2, -0.15) is 0 Å². The van der Waals surface area contributed by atoms with Gasteiger partial charge in [0.25, 0.3) is 0 Å². The first-order valence-corrected chi connectivity index (χ1v) is 4.83. The van der Waals surface area contributed by atoms with Crippen LogP contribution in [0.25, 0.3) is 0 Å². The van der Waals surface area contributed by atoms with Gasteiger partial charge in [0.05, 0.1) is 26.4 Å². The Bertz CT molecular complexity index is 126. The third kappa shape index (κ3) is 9.53. The minimum atomic E-state index is 0.576. The van der Waals surface area contributed by atoms with Gasteiger partial charge in [0, 0.05) is 6.54 Å². The van der Waals surface area contributed by atoms with Gasteiger partial charge < -0.3 is 15.2 Å². The van der Waals surface area contributed by atoms with Crippen LogP contribution in [0.15, 0.2) is 12.2 Å². The van der Waals surface area contributed by atoms with Gasteiger partial charge in [-0.1, -0.05) is 19.1 Å². The Balaban J connectivity index is 2.95. The fourth-order valence-electron chi connectivity index (χ4n) is 0.799. The van der Waals surface area contributed by atoms with Crippen molar-refractivity contribution in [3.05, 3.63) is 12.2 Å². The van der Waals surface area contributed by atoms with Crippen molar-refractivity contribution in [1.29, 1.82) is 0 Å². The highest BCUT2D eigenvalue weighted by Crippen LogP contribution is 2.01. The van der Waals surface area contributed by atoms with Crippen molar-refractivity contribution < 1.29 is 9.47 Å². The first-order valence-electron chi connectivity index (χ1n) is 4.83. The standard InChI is InChI=1S/C10H21NO2/c1-3-10(2)4-6-12-8-9-13-7-5-11/h2-9,11H2,1H3. The van der Waals surface area contributed by atoms with E-state index in [0.29, 0.717) is 26.4 Å². The van der Waals surface area contributed by atoms with Crippen molar-refractivity contribution >= 4 is 0 Å². The molecule has 0 aliphatic rings. The van der Waals surface area contributed by atoms with Crippen molar-refractivity contribution in [2.75, 3.05) is 33.0 Å². The molecule has 3 heteroatoms. The lowest BCUT2D eigenvalue weighted by atomic mass is 10.2. The summed E-state index contributed by atoms with van der Waals surface area (Å²) in [4.78, 5) is 0. The lowest BCUT2D eigenvalue weighted by Crippen LogP contribution is -2.12. The van der Waals surface area contributed by atoms with Crippen molar-refractivity contribution in [3.63, 3.8) is 0 Å². The normalized spacial score (nSPS) is 10.3. The molecule has 0 bridgehead atoms. The van der Waals surface area contributed by atoms with Crippen molar-refractivity contribution in [3.8, 4) is 0 Å². The third-order valence-corrected chi connectivity index (χ3v) is 1.73. The second-order valence-corrected chi connectivity index (χ2v) is 2.87. The molecular formula is C10H21NO2. The van der Waals surface area contributed by atoms with E-state index in [1.54, 1.807) is 0 Å². The number of rotatable bonds is 9. The summed E-state index contributed by atoms with van der Waals surface area (Å²) in [5, 5.41) is 0. The topological polar surface area (TPSA) is 44.5 Å². The van der Waals surface area contributed by atoms with Crippen LogP contribution in [-0.2, 0) is 9.47 Å². The summed E-state index contributed by atoms with van der Waals surface area (Å²) < 4.78 is 10.5. The smallest absolute Gasteiger partial charge is 0.0701 e. The van der Waals surface area contributed by atoms with Gasteiger partial charge in [-0.05, 0) is 12.8 Å². The van der Waals surface area contributed by atoms with Crippen LogP contribution in [0.5, 0.6) is 0 Å². The maximum Gasteiger partial charge on any atom is 0.0701 e. The van der Waals surface area contributed by atoms with E-state index in [4.69, 9.17) is 15.2 Å². The molecule has 0 atom stereocenters. The Labute approximate surface area is 80.9 Å². The zero-order chi connectivity index (χ0) is 9.94. The van der Waals surface area contributed by atoms with Gasteiger partial charge in [0.1, 0.15) is 0 Å². The van der Waals surface area contributed by atoms with Gasteiger partial charge in [0.15, 0.2) is 0 Å². The lowest BCUT2D eigenvalue weighted by molar-refractivity contribution is 0.0518. The Morgan fingerprint density at radius 3 is 2.31 bits per heavy atom. The molecule has 0 aromatic carbocycles. The molecule has 78 valence electrons. The molecule has 0 aliphatic carbocycles. The van der Waals surface area contributed by atoms with E-state index in [9.17, 15) is 0 Å². The summed E-state index contributed by atoms with van der Waals surface area (Å²) in [6, 6.07) is 0. The highest BCUT2D eigenvalue weighted by atomic mass is 16.5. The first kappa shape index (κ1) is 12.6. The van der Waals surface area contributed by atoms with Crippen molar-refractivity contribution in [2.45, 2.75) is 19.8 Å². The molecule has 0 heterocycles. The summed E-state index contributed by atoms with van der Waals surface area (Å²) >= 11 is 0. The maximum absolute atomic E-state index is 5.33. The summed E-state index contributed by atoms with van der Waals surface area (Å²) in [7, 11) is 0. The van der Waals surface area contributed by atoms with E-state index in [0.717, 1.165) is 19.4 Å². The predicted molar refractivity (Wildman–Crippen MR) is 54.7 cm³/mol. The van der Waals surface area contributed by atoms with Crippen LogP contribution < -0.4 is 5.73 Å². The number of hydrogen-bond donors (Lipinski definition) is 1. The first-order chi connectivity index (χ1) is 6.31. The largest absolute Gasteiger partial charge is 0.379 e. The van der Waals surface area contributed by atoms with E-state index in [1.807, 2.05) is 0 Å². The summed E-state index contributed by atoms with van der Waals surface area (Å²) in [5.74, 6) is 0. The molecule has 0 spiro atoms. The molecular weight excluding hydrogens is 166 g/mol. The quantitative estimate of drug-likeness (QED) is 0.437. The molecule has 0 saturated heterocycles. The molecule has 0 unspecified atom stereocenters. The van der Waals surface area contributed by atoms with Crippen molar-refractivity contribution in [2.24, 2.45) is 5.73 Å². The summed E-state index contributed by atoms with van der Waals surface area (Å²) in [6.07, 6.45) is 1.99. The highest BCUT2D eigenvalue weighted by molar-refractivity contribution is 4.91. The Hall–Kier alpha value is -0.380. The van der Waals surface area contributed by atoms with Gasteiger partial charge in [-0.15, -0.1) is 0 Å².